The molecule has 0 unspecified atom stereocenters. The number of aromatic nitrogens is 1. The van der Waals surface area contributed by atoms with Crippen LogP contribution < -0.4 is 10.5 Å². The number of ether oxygens (including phenoxy) is 1. The summed E-state index contributed by atoms with van der Waals surface area (Å²) in [5, 5.41) is 1.06. The third-order valence-corrected chi connectivity index (χ3v) is 3.40. The molecule has 0 amide bonds. The zero-order valence-corrected chi connectivity index (χ0v) is 11.1. The molecule has 0 bridgehead atoms. The molecule has 0 saturated carbocycles. The standard InChI is InChI=1S/C16H15FN2O/c1-19-12(9-11-5-4-7-14(18)16(11)19)10-20-15-8-3-2-6-13(15)17/h2-9H,10,18H2,1H3. The van der Waals surface area contributed by atoms with Gasteiger partial charge in [0.15, 0.2) is 11.6 Å². The summed E-state index contributed by atoms with van der Waals surface area (Å²) in [4.78, 5) is 0. The molecule has 0 aliphatic carbocycles. The van der Waals surface area contributed by atoms with Crippen LogP contribution in [0.3, 0.4) is 0 Å². The Hall–Kier alpha value is -2.49. The molecule has 3 nitrogen and oxygen atoms in total. The summed E-state index contributed by atoms with van der Waals surface area (Å²) in [7, 11) is 1.93. The Bertz CT molecular complexity index is 764. The van der Waals surface area contributed by atoms with Crippen LogP contribution in [-0.2, 0) is 13.7 Å². The van der Waals surface area contributed by atoms with Gasteiger partial charge in [-0.2, -0.15) is 0 Å². The van der Waals surface area contributed by atoms with Crippen molar-refractivity contribution in [3.05, 3.63) is 60.0 Å². The second-order valence-corrected chi connectivity index (χ2v) is 4.70. The summed E-state index contributed by atoms with van der Waals surface area (Å²) in [5.41, 5.74) is 8.62. The highest BCUT2D eigenvalue weighted by Gasteiger charge is 2.09. The predicted octanol–water partition coefficient (Wildman–Crippen LogP) is 3.48. The SMILES string of the molecule is Cn1c(COc2ccccc2F)cc2cccc(N)c21. The Balaban J connectivity index is 1.90. The fourth-order valence-corrected chi connectivity index (χ4v) is 2.36. The first-order chi connectivity index (χ1) is 9.66. The number of aryl methyl sites for hydroxylation is 1. The van der Waals surface area contributed by atoms with Gasteiger partial charge in [0, 0.05) is 12.4 Å². The molecule has 102 valence electrons. The summed E-state index contributed by atoms with van der Waals surface area (Å²) >= 11 is 0. The number of rotatable bonds is 3. The van der Waals surface area contributed by atoms with Gasteiger partial charge in [-0.05, 0) is 24.3 Å². The minimum Gasteiger partial charge on any atom is -0.484 e. The lowest BCUT2D eigenvalue weighted by molar-refractivity contribution is 0.283. The number of nitrogens with zero attached hydrogens (tertiary/aromatic N) is 1. The van der Waals surface area contributed by atoms with Gasteiger partial charge in [-0.25, -0.2) is 4.39 Å². The van der Waals surface area contributed by atoms with E-state index in [1.807, 2.05) is 35.9 Å². The van der Waals surface area contributed by atoms with Gasteiger partial charge in [-0.15, -0.1) is 0 Å². The van der Waals surface area contributed by atoms with Crippen molar-refractivity contribution in [2.75, 3.05) is 5.73 Å². The summed E-state index contributed by atoms with van der Waals surface area (Å²) in [6.45, 7) is 0.297. The molecule has 2 N–H and O–H groups in total. The normalized spacial score (nSPS) is 10.9. The lowest BCUT2D eigenvalue weighted by Gasteiger charge is -2.08. The van der Waals surface area contributed by atoms with Crippen molar-refractivity contribution in [3.63, 3.8) is 0 Å². The smallest absolute Gasteiger partial charge is 0.165 e. The largest absolute Gasteiger partial charge is 0.484 e. The molecule has 0 atom stereocenters. The molecule has 1 heterocycles. The summed E-state index contributed by atoms with van der Waals surface area (Å²) in [5.74, 6) is -0.100. The van der Waals surface area contributed by atoms with E-state index in [-0.39, 0.29) is 11.6 Å². The number of hydrogen-bond acceptors (Lipinski definition) is 2. The molecule has 4 heteroatoms. The maximum atomic E-state index is 13.5. The molecule has 0 aliphatic rings. The first kappa shape index (κ1) is 12.5. The van der Waals surface area contributed by atoms with Gasteiger partial charge >= 0.3 is 0 Å². The minimum atomic E-state index is -0.356. The van der Waals surface area contributed by atoms with E-state index in [9.17, 15) is 4.39 Å². The van der Waals surface area contributed by atoms with E-state index in [2.05, 4.69) is 0 Å². The number of benzene rings is 2. The Labute approximate surface area is 116 Å². The van der Waals surface area contributed by atoms with Crippen molar-refractivity contribution in [3.8, 4) is 5.75 Å². The van der Waals surface area contributed by atoms with Crippen LogP contribution in [0.15, 0.2) is 48.5 Å². The summed E-state index contributed by atoms with van der Waals surface area (Å²) < 4.78 is 21.0. The Morgan fingerprint density at radius 1 is 1.15 bits per heavy atom. The van der Waals surface area contributed by atoms with Crippen molar-refractivity contribution in [1.82, 2.24) is 4.57 Å². The predicted molar refractivity (Wildman–Crippen MR) is 78.1 cm³/mol. The van der Waals surface area contributed by atoms with E-state index in [4.69, 9.17) is 10.5 Å². The maximum Gasteiger partial charge on any atom is 0.165 e. The van der Waals surface area contributed by atoms with Crippen molar-refractivity contribution in [2.24, 2.45) is 7.05 Å². The molecule has 0 aliphatic heterocycles. The highest BCUT2D eigenvalue weighted by molar-refractivity contribution is 5.91. The van der Waals surface area contributed by atoms with E-state index in [0.717, 1.165) is 22.3 Å². The van der Waals surface area contributed by atoms with Gasteiger partial charge in [0.25, 0.3) is 0 Å². The summed E-state index contributed by atoms with van der Waals surface area (Å²) in [6.07, 6.45) is 0. The fraction of sp³-hybridized carbons (Fsp3) is 0.125. The summed E-state index contributed by atoms with van der Waals surface area (Å²) in [6, 6.07) is 14.2. The van der Waals surface area contributed by atoms with Crippen molar-refractivity contribution in [1.29, 1.82) is 0 Å². The molecule has 0 radical (unpaired) electrons. The van der Waals surface area contributed by atoms with Crippen LogP contribution in [0.25, 0.3) is 10.9 Å². The third kappa shape index (κ3) is 2.09. The molecule has 3 rings (SSSR count). The van der Waals surface area contributed by atoms with E-state index in [1.54, 1.807) is 18.2 Å². The number of anilines is 1. The van der Waals surface area contributed by atoms with Gasteiger partial charge in [-0.1, -0.05) is 24.3 Å². The Kier molecular flexibility index (Phi) is 3.06. The average molecular weight is 270 g/mol. The van der Waals surface area contributed by atoms with Gasteiger partial charge in [0.2, 0.25) is 0 Å². The molecule has 0 saturated heterocycles. The van der Waals surface area contributed by atoms with Crippen molar-refractivity contribution in [2.45, 2.75) is 6.61 Å². The second kappa shape index (κ2) is 4.89. The number of hydrogen-bond donors (Lipinski definition) is 1. The number of fused-ring (bicyclic) bond motifs is 1. The molecule has 1 aromatic heterocycles. The molecular weight excluding hydrogens is 255 g/mol. The fourth-order valence-electron chi connectivity index (χ4n) is 2.36. The Morgan fingerprint density at radius 3 is 2.70 bits per heavy atom. The first-order valence-corrected chi connectivity index (χ1v) is 6.37. The van der Waals surface area contributed by atoms with E-state index < -0.39 is 0 Å². The number of nitrogens with two attached hydrogens (primary N) is 1. The first-order valence-electron chi connectivity index (χ1n) is 6.37. The monoisotopic (exact) mass is 270 g/mol. The zero-order valence-electron chi connectivity index (χ0n) is 11.1. The molecule has 20 heavy (non-hydrogen) atoms. The molecule has 2 aromatic carbocycles. The zero-order chi connectivity index (χ0) is 14.1. The van der Waals surface area contributed by atoms with Crippen LogP contribution in [0.2, 0.25) is 0 Å². The highest BCUT2D eigenvalue weighted by atomic mass is 19.1. The third-order valence-electron chi connectivity index (χ3n) is 3.40. The minimum absolute atomic E-state index is 0.255. The molecule has 0 spiro atoms. The maximum absolute atomic E-state index is 13.5. The highest BCUT2D eigenvalue weighted by Crippen LogP contribution is 2.25. The van der Waals surface area contributed by atoms with Crippen LogP contribution in [-0.4, -0.2) is 4.57 Å². The van der Waals surface area contributed by atoms with E-state index in [0.29, 0.717) is 6.61 Å². The van der Waals surface area contributed by atoms with Crippen LogP contribution in [0.4, 0.5) is 10.1 Å². The van der Waals surface area contributed by atoms with Gasteiger partial charge in [-0.3, -0.25) is 0 Å². The Morgan fingerprint density at radius 2 is 1.95 bits per heavy atom. The number of nitrogen functional groups attached to an aromatic ring is 1. The van der Waals surface area contributed by atoms with Crippen molar-refractivity contribution < 1.29 is 9.13 Å². The van der Waals surface area contributed by atoms with Crippen LogP contribution in [0.5, 0.6) is 5.75 Å². The van der Waals surface area contributed by atoms with Crippen LogP contribution >= 0.6 is 0 Å². The van der Waals surface area contributed by atoms with E-state index in [1.165, 1.54) is 6.07 Å². The molecule has 3 aromatic rings. The molecule has 0 fully saturated rings. The van der Waals surface area contributed by atoms with Gasteiger partial charge in [0.05, 0.1) is 16.9 Å². The van der Waals surface area contributed by atoms with Crippen molar-refractivity contribution >= 4 is 16.6 Å². The number of para-hydroxylation sites is 2. The van der Waals surface area contributed by atoms with Gasteiger partial charge in [0.1, 0.15) is 6.61 Å². The van der Waals surface area contributed by atoms with Gasteiger partial charge < -0.3 is 15.0 Å². The average Bonchev–Trinajstić information content (AvgIpc) is 2.76. The lowest BCUT2D eigenvalue weighted by atomic mass is 10.2. The molecular formula is C16H15FN2O. The lowest BCUT2D eigenvalue weighted by Crippen LogP contribution is -2.03. The number of halogens is 1. The van der Waals surface area contributed by atoms with E-state index >= 15 is 0 Å². The van der Waals surface area contributed by atoms with Crippen LogP contribution in [0, 0.1) is 5.82 Å². The topological polar surface area (TPSA) is 40.2 Å². The quantitative estimate of drug-likeness (QED) is 0.740. The van der Waals surface area contributed by atoms with Crippen LogP contribution in [0.1, 0.15) is 5.69 Å². The second-order valence-electron chi connectivity index (χ2n) is 4.70.